The SMILES string of the molecule is CC[C@H](C(=O)O)N1Cc2ccnc3[nH]cc(c23)C1=O. The van der Waals surface area contributed by atoms with Crippen LogP contribution in [0.1, 0.15) is 29.3 Å². The first-order chi connectivity index (χ1) is 9.13. The van der Waals surface area contributed by atoms with Crippen LogP contribution in [-0.4, -0.2) is 37.9 Å². The van der Waals surface area contributed by atoms with Crippen LogP contribution < -0.4 is 0 Å². The van der Waals surface area contributed by atoms with Crippen LogP contribution >= 0.6 is 0 Å². The molecule has 1 atom stereocenters. The van der Waals surface area contributed by atoms with Gasteiger partial charge in [0.1, 0.15) is 11.7 Å². The van der Waals surface area contributed by atoms with E-state index in [9.17, 15) is 14.7 Å². The summed E-state index contributed by atoms with van der Waals surface area (Å²) in [6, 6.07) is 1.03. The van der Waals surface area contributed by atoms with Gasteiger partial charge in [-0.1, -0.05) is 6.92 Å². The van der Waals surface area contributed by atoms with Crippen molar-refractivity contribution in [1.82, 2.24) is 14.9 Å². The minimum atomic E-state index is -0.972. The second-order valence-corrected chi connectivity index (χ2v) is 4.59. The van der Waals surface area contributed by atoms with Crippen molar-refractivity contribution in [1.29, 1.82) is 0 Å². The van der Waals surface area contributed by atoms with Gasteiger partial charge in [-0.15, -0.1) is 0 Å². The number of carboxylic acids is 1. The number of carboxylic acid groups (broad SMARTS) is 1. The molecule has 19 heavy (non-hydrogen) atoms. The Balaban J connectivity index is 2.12. The summed E-state index contributed by atoms with van der Waals surface area (Å²) in [4.78, 5) is 32.2. The summed E-state index contributed by atoms with van der Waals surface area (Å²) in [6.07, 6.45) is 3.65. The third-order valence-electron chi connectivity index (χ3n) is 3.54. The van der Waals surface area contributed by atoms with E-state index < -0.39 is 12.0 Å². The maximum Gasteiger partial charge on any atom is 0.326 e. The molecule has 98 valence electrons. The van der Waals surface area contributed by atoms with Crippen molar-refractivity contribution in [3.63, 3.8) is 0 Å². The number of nitrogens with zero attached hydrogens (tertiary/aromatic N) is 2. The lowest BCUT2D eigenvalue weighted by Gasteiger charge is -2.31. The lowest BCUT2D eigenvalue weighted by Crippen LogP contribution is -2.45. The van der Waals surface area contributed by atoms with Gasteiger partial charge >= 0.3 is 5.97 Å². The van der Waals surface area contributed by atoms with Crippen LogP contribution in [0.25, 0.3) is 11.0 Å². The topological polar surface area (TPSA) is 86.3 Å². The number of carbonyl (C=O) groups excluding carboxylic acids is 1. The van der Waals surface area contributed by atoms with Gasteiger partial charge in [-0.2, -0.15) is 0 Å². The Hall–Kier alpha value is -2.37. The van der Waals surface area contributed by atoms with Gasteiger partial charge in [-0.05, 0) is 18.1 Å². The van der Waals surface area contributed by atoms with Gasteiger partial charge in [-0.3, -0.25) is 4.79 Å². The molecule has 6 nitrogen and oxygen atoms in total. The number of hydrogen-bond donors (Lipinski definition) is 2. The van der Waals surface area contributed by atoms with E-state index >= 15 is 0 Å². The quantitative estimate of drug-likeness (QED) is 0.871. The highest BCUT2D eigenvalue weighted by Crippen LogP contribution is 2.30. The number of aromatic nitrogens is 2. The molecule has 0 unspecified atom stereocenters. The van der Waals surface area contributed by atoms with Gasteiger partial charge in [0.25, 0.3) is 5.91 Å². The number of amides is 1. The molecule has 6 heteroatoms. The molecule has 2 N–H and O–H groups in total. The van der Waals surface area contributed by atoms with Crippen LogP contribution in [-0.2, 0) is 11.3 Å². The van der Waals surface area contributed by atoms with E-state index in [1.807, 2.05) is 6.07 Å². The number of hydrogen-bond acceptors (Lipinski definition) is 3. The molecule has 2 aromatic heterocycles. The minimum Gasteiger partial charge on any atom is -0.480 e. The van der Waals surface area contributed by atoms with Crippen molar-refractivity contribution in [3.05, 3.63) is 29.6 Å². The molecule has 1 aliphatic heterocycles. The monoisotopic (exact) mass is 259 g/mol. The molecule has 0 fully saturated rings. The third-order valence-corrected chi connectivity index (χ3v) is 3.54. The predicted molar refractivity (Wildman–Crippen MR) is 67.7 cm³/mol. The van der Waals surface area contributed by atoms with E-state index in [0.717, 1.165) is 10.9 Å². The van der Waals surface area contributed by atoms with Crippen molar-refractivity contribution in [2.24, 2.45) is 0 Å². The largest absolute Gasteiger partial charge is 0.480 e. The zero-order valence-electron chi connectivity index (χ0n) is 10.4. The zero-order valence-corrected chi connectivity index (χ0v) is 10.4. The highest BCUT2D eigenvalue weighted by Gasteiger charge is 2.34. The van der Waals surface area contributed by atoms with Gasteiger partial charge in [0, 0.05) is 24.3 Å². The molecule has 2 aromatic rings. The van der Waals surface area contributed by atoms with Crippen LogP contribution in [0.2, 0.25) is 0 Å². The molecule has 0 aliphatic carbocycles. The number of carbonyl (C=O) groups is 2. The van der Waals surface area contributed by atoms with Crippen molar-refractivity contribution >= 4 is 22.9 Å². The first-order valence-corrected chi connectivity index (χ1v) is 6.12. The zero-order chi connectivity index (χ0) is 13.6. The van der Waals surface area contributed by atoms with Crippen LogP contribution in [0.4, 0.5) is 0 Å². The van der Waals surface area contributed by atoms with Gasteiger partial charge in [0.05, 0.1) is 5.56 Å². The standard InChI is InChI=1S/C13H13N3O3/c1-2-9(13(18)19)16-6-7-3-4-14-11-10(7)8(5-15-11)12(16)17/h3-5,9H,2,6H2,1H3,(H,14,15)(H,18,19)/t9-/m1/s1. The van der Waals surface area contributed by atoms with Crippen molar-refractivity contribution in [2.45, 2.75) is 25.9 Å². The van der Waals surface area contributed by atoms with Crippen LogP contribution in [0.3, 0.4) is 0 Å². The number of aromatic amines is 1. The average Bonchev–Trinajstić information content (AvgIpc) is 2.81. The highest BCUT2D eigenvalue weighted by molar-refractivity contribution is 6.09. The van der Waals surface area contributed by atoms with Crippen molar-refractivity contribution in [2.75, 3.05) is 0 Å². The fraction of sp³-hybridized carbons (Fsp3) is 0.308. The second kappa shape index (κ2) is 4.08. The Bertz CT molecular complexity index is 677. The fourth-order valence-electron chi connectivity index (χ4n) is 2.61. The lowest BCUT2D eigenvalue weighted by molar-refractivity contribution is -0.142. The third kappa shape index (κ3) is 1.60. The first kappa shape index (κ1) is 11.7. The summed E-state index contributed by atoms with van der Waals surface area (Å²) in [5.74, 6) is -1.22. The molecule has 3 heterocycles. The minimum absolute atomic E-state index is 0.249. The number of H-pyrrole nitrogens is 1. The van der Waals surface area contributed by atoms with E-state index in [1.54, 1.807) is 19.3 Å². The summed E-state index contributed by atoms with van der Waals surface area (Å²) < 4.78 is 0. The van der Waals surface area contributed by atoms with Crippen molar-refractivity contribution < 1.29 is 14.7 Å². The molecule has 1 amide bonds. The Labute approximate surface area is 109 Å². The fourth-order valence-corrected chi connectivity index (χ4v) is 2.61. The van der Waals surface area contributed by atoms with Crippen molar-refractivity contribution in [3.8, 4) is 0 Å². The van der Waals surface area contributed by atoms with Gasteiger partial charge in [0.2, 0.25) is 0 Å². The number of pyridine rings is 1. The molecule has 0 spiro atoms. The molecule has 0 saturated heterocycles. The molecule has 1 aliphatic rings. The molecule has 0 aromatic carbocycles. The van der Waals surface area contributed by atoms with Gasteiger partial charge in [0.15, 0.2) is 0 Å². The van der Waals surface area contributed by atoms with Crippen LogP contribution in [0, 0.1) is 0 Å². The van der Waals surface area contributed by atoms with Gasteiger partial charge in [-0.25, -0.2) is 9.78 Å². The Morgan fingerprint density at radius 2 is 2.42 bits per heavy atom. The lowest BCUT2D eigenvalue weighted by atomic mass is 10.0. The normalized spacial score (nSPS) is 15.8. The molecular weight excluding hydrogens is 246 g/mol. The summed E-state index contributed by atoms with van der Waals surface area (Å²) in [6.45, 7) is 2.08. The molecule has 0 radical (unpaired) electrons. The predicted octanol–water partition coefficient (Wildman–Crippen LogP) is 1.38. The smallest absolute Gasteiger partial charge is 0.326 e. The summed E-state index contributed by atoms with van der Waals surface area (Å²) in [5.41, 5.74) is 2.11. The van der Waals surface area contributed by atoms with E-state index in [2.05, 4.69) is 9.97 Å². The molecule has 0 bridgehead atoms. The van der Waals surface area contributed by atoms with Gasteiger partial charge < -0.3 is 15.0 Å². The average molecular weight is 259 g/mol. The summed E-state index contributed by atoms with van der Waals surface area (Å²) in [7, 11) is 0. The Morgan fingerprint density at radius 1 is 1.63 bits per heavy atom. The highest BCUT2D eigenvalue weighted by atomic mass is 16.4. The Morgan fingerprint density at radius 3 is 3.11 bits per heavy atom. The summed E-state index contributed by atoms with van der Waals surface area (Å²) in [5, 5.41) is 10.0. The van der Waals surface area contributed by atoms with E-state index in [1.165, 1.54) is 4.90 Å². The van der Waals surface area contributed by atoms with E-state index in [4.69, 9.17) is 0 Å². The molecular formula is C13H13N3O3. The Kier molecular flexibility index (Phi) is 2.51. The number of aliphatic carboxylic acids is 1. The van der Waals surface area contributed by atoms with Crippen LogP contribution in [0.15, 0.2) is 18.5 Å². The maximum absolute atomic E-state index is 12.4. The number of nitrogens with one attached hydrogen (secondary N) is 1. The van der Waals surface area contributed by atoms with E-state index in [-0.39, 0.29) is 5.91 Å². The van der Waals surface area contributed by atoms with Crippen LogP contribution in [0.5, 0.6) is 0 Å². The first-order valence-electron chi connectivity index (χ1n) is 6.12. The molecule has 0 saturated carbocycles. The second-order valence-electron chi connectivity index (χ2n) is 4.59. The maximum atomic E-state index is 12.4. The molecule has 3 rings (SSSR count). The summed E-state index contributed by atoms with van der Waals surface area (Å²) >= 11 is 0. The van der Waals surface area contributed by atoms with E-state index in [0.29, 0.717) is 24.2 Å². The number of rotatable bonds is 3.